The summed E-state index contributed by atoms with van der Waals surface area (Å²) in [5.74, 6) is 1.08. The Bertz CT molecular complexity index is 1250. The Hall–Kier alpha value is -3.82. The first kappa shape index (κ1) is 26.8. The van der Waals surface area contributed by atoms with Crippen LogP contribution in [-0.4, -0.2) is 45.2 Å². The van der Waals surface area contributed by atoms with Gasteiger partial charge in [-0.05, 0) is 60.2 Å². The number of ether oxygens (including phenoxy) is 4. The molecule has 0 atom stereocenters. The standard InChI is InChI=1S/C26H25ClN2O6S/c1-32-18-8-5-15(6-9-18)11-21(30)19-14-17(7-10-20(19)27)28-26(36)29-25(31)16-12-22(33-2)24(35-4)23(13-16)34-3/h5-10,12-14H,11H2,1-4H3,(H2,28,29,31,36). The third-order valence-corrected chi connectivity index (χ3v) is 5.74. The number of ketones is 1. The van der Waals surface area contributed by atoms with E-state index in [1.54, 1.807) is 37.4 Å². The van der Waals surface area contributed by atoms with Crippen LogP contribution in [0.3, 0.4) is 0 Å². The summed E-state index contributed by atoms with van der Waals surface area (Å²) in [7, 11) is 5.97. The van der Waals surface area contributed by atoms with Crippen molar-refractivity contribution in [3.8, 4) is 23.0 Å². The number of carbonyl (C=O) groups excluding carboxylic acids is 2. The third-order valence-electron chi connectivity index (χ3n) is 5.20. The first-order chi connectivity index (χ1) is 17.3. The van der Waals surface area contributed by atoms with Gasteiger partial charge in [-0.3, -0.25) is 14.9 Å². The normalized spacial score (nSPS) is 10.2. The fourth-order valence-corrected chi connectivity index (χ4v) is 3.82. The Morgan fingerprint density at radius 2 is 1.50 bits per heavy atom. The summed E-state index contributed by atoms with van der Waals surface area (Å²) in [5, 5.41) is 5.85. The molecular weight excluding hydrogens is 504 g/mol. The molecule has 0 bridgehead atoms. The molecule has 188 valence electrons. The van der Waals surface area contributed by atoms with Crippen molar-refractivity contribution in [1.82, 2.24) is 5.32 Å². The second-order valence-electron chi connectivity index (χ2n) is 7.46. The molecular formula is C26H25ClN2O6S. The summed E-state index contributed by atoms with van der Waals surface area (Å²) in [4.78, 5) is 25.7. The van der Waals surface area contributed by atoms with Crippen LogP contribution in [0.1, 0.15) is 26.3 Å². The molecule has 2 N–H and O–H groups in total. The number of amides is 1. The predicted octanol–water partition coefficient (Wildman–Crippen LogP) is 4.93. The first-order valence-electron chi connectivity index (χ1n) is 10.7. The lowest BCUT2D eigenvalue weighted by molar-refractivity contribution is 0.0973. The Kier molecular flexibility index (Phi) is 9.10. The molecule has 0 aromatic heterocycles. The van der Waals surface area contributed by atoms with E-state index in [1.165, 1.54) is 33.5 Å². The van der Waals surface area contributed by atoms with Gasteiger partial charge in [0.25, 0.3) is 5.91 Å². The summed E-state index contributed by atoms with van der Waals surface area (Å²) < 4.78 is 21.0. The Morgan fingerprint density at radius 1 is 0.861 bits per heavy atom. The lowest BCUT2D eigenvalue weighted by atomic mass is 10.0. The zero-order chi connectivity index (χ0) is 26.2. The van der Waals surface area contributed by atoms with Gasteiger partial charge in [-0.2, -0.15) is 0 Å². The molecule has 8 nitrogen and oxygen atoms in total. The maximum atomic E-state index is 12.9. The molecule has 0 radical (unpaired) electrons. The van der Waals surface area contributed by atoms with Gasteiger partial charge in [0.1, 0.15) is 5.75 Å². The molecule has 0 aliphatic rings. The third kappa shape index (κ3) is 6.44. The van der Waals surface area contributed by atoms with E-state index in [9.17, 15) is 9.59 Å². The average Bonchev–Trinajstić information content (AvgIpc) is 2.89. The monoisotopic (exact) mass is 528 g/mol. The molecule has 10 heteroatoms. The number of anilines is 1. The number of thiocarbonyl (C=S) groups is 1. The SMILES string of the molecule is COc1ccc(CC(=O)c2cc(NC(=S)NC(=O)c3cc(OC)c(OC)c(OC)c3)ccc2Cl)cc1. The quantitative estimate of drug-likeness (QED) is 0.298. The van der Waals surface area contributed by atoms with Crippen molar-refractivity contribution >= 4 is 46.3 Å². The Balaban J connectivity index is 1.71. The maximum absolute atomic E-state index is 12.9. The summed E-state index contributed by atoms with van der Waals surface area (Å²) in [6.07, 6.45) is 0.162. The van der Waals surface area contributed by atoms with Crippen LogP contribution in [0.2, 0.25) is 5.02 Å². The number of hydrogen-bond donors (Lipinski definition) is 2. The molecule has 0 saturated heterocycles. The van der Waals surface area contributed by atoms with Gasteiger partial charge in [0.15, 0.2) is 22.4 Å². The molecule has 0 aliphatic heterocycles. The molecule has 0 unspecified atom stereocenters. The van der Waals surface area contributed by atoms with Gasteiger partial charge in [0.2, 0.25) is 5.75 Å². The van der Waals surface area contributed by atoms with Crippen molar-refractivity contribution in [3.05, 3.63) is 76.3 Å². The number of rotatable bonds is 9. The van der Waals surface area contributed by atoms with E-state index >= 15 is 0 Å². The van der Waals surface area contributed by atoms with E-state index in [-0.39, 0.29) is 22.9 Å². The van der Waals surface area contributed by atoms with E-state index in [4.69, 9.17) is 42.8 Å². The van der Waals surface area contributed by atoms with E-state index in [0.29, 0.717) is 39.3 Å². The molecule has 3 rings (SSSR count). The van der Waals surface area contributed by atoms with Crippen molar-refractivity contribution in [2.24, 2.45) is 0 Å². The van der Waals surface area contributed by atoms with Crippen LogP contribution in [0, 0.1) is 0 Å². The van der Waals surface area contributed by atoms with Crippen LogP contribution < -0.4 is 29.6 Å². The van der Waals surface area contributed by atoms with Crippen molar-refractivity contribution in [2.45, 2.75) is 6.42 Å². The van der Waals surface area contributed by atoms with E-state index in [1.807, 2.05) is 12.1 Å². The lowest BCUT2D eigenvalue weighted by Crippen LogP contribution is -2.34. The molecule has 0 spiro atoms. The number of methoxy groups -OCH3 is 4. The lowest BCUT2D eigenvalue weighted by Gasteiger charge is -2.15. The number of halogens is 1. The number of hydrogen-bond acceptors (Lipinski definition) is 7. The summed E-state index contributed by atoms with van der Waals surface area (Å²) in [6, 6.07) is 15.1. The molecule has 3 aromatic rings. The molecule has 0 saturated carbocycles. The minimum absolute atomic E-state index is 0.0321. The van der Waals surface area contributed by atoms with Gasteiger partial charge in [0.05, 0.1) is 33.5 Å². The summed E-state index contributed by atoms with van der Waals surface area (Å²) in [6.45, 7) is 0. The fraction of sp³-hybridized carbons (Fsp3) is 0.192. The van der Waals surface area contributed by atoms with Crippen molar-refractivity contribution in [1.29, 1.82) is 0 Å². The molecule has 0 fully saturated rings. The second kappa shape index (κ2) is 12.2. The van der Waals surface area contributed by atoms with Crippen molar-refractivity contribution < 1.29 is 28.5 Å². The highest BCUT2D eigenvalue weighted by molar-refractivity contribution is 7.80. The van der Waals surface area contributed by atoms with Crippen LogP contribution in [0.25, 0.3) is 0 Å². The first-order valence-corrected chi connectivity index (χ1v) is 11.5. The highest BCUT2D eigenvalue weighted by atomic mass is 35.5. The summed E-state index contributed by atoms with van der Waals surface area (Å²) in [5.41, 5.74) is 1.90. The van der Waals surface area contributed by atoms with Crippen molar-refractivity contribution in [2.75, 3.05) is 33.8 Å². The van der Waals surface area contributed by atoms with Crippen LogP contribution >= 0.6 is 23.8 Å². The zero-order valence-electron chi connectivity index (χ0n) is 20.1. The van der Waals surface area contributed by atoms with Crippen LogP contribution in [0.4, 0.5) is 5.69 Å². The Labute approximate surface area is 219 Å². The van der Waals surface area contributed by atoms with Crippen molar-refractivity contribution in [3.63, 3.8) is 0 Å². The molecule has 1 amide bonds. The minimum Gasteiger partial charge on any atom is -0.497 e. The number of Topliss-reactive ketones (excluding diaryl/α,β-unsaturated/α-hetero) is 1. The van der Waals surface area contributed by atoms with Gasteiger partial charge in [-0.25, -0.2) is 0 Å². The molecule has 3 aromatic carbocycles. The fourth-order valence-electron chi connectivity index (χ4n) is 3.39. The van der Waals surface area contributed by atoms with Crippen LogP contribution in [0.15, 0.2) is 54.6 Å². The van der Waals surface area contributed by atoms with E-state index in [2.05, 4.69) is 10.6 Å². The smallest absolute Gasteiger partial charge is 0.257 e. The van der Waals surface area contributed by atoms with Gasteiger partial charge in [-0.1, -0.05) is 23.7 Å². The predicted molar refractivity (Wildman–Crippen MR) is 142 cm³/mol. The number of carbonyl (C=O) groups is 2. The number of benzene rings is 3. The zero-order valence-corrected chi connectivity index (χ0v) is 21.7. The van der Waals surface area contributed by atoms with Crippen LogP contribution in [-0.2, 0) is 6.42 Å². The van der Waals surface area contributed by atoms with Gasteiger partial charge >= 0.3 is 0 Å². The topological polar surface area (TPSA) is 95.1 Å². The summed E-state index contributed by atoms with van der Waals surface area (Å²) >= 11 is 11.6. The Morgan fingerprint density at radius 3 is 2.06 bits per heavy atom. The highest BCUT2D eigenvalue weighted by Gasteiger charge is 2.18. The van der Waals surface area contributed by atoms with Gasteiger partial charge < -0.3 is 24.3 Å². The number of nitrogens with one attached hydrogen (secondary N) is 2. The van der Waals surface area contributed by atoms with Gasteiger partial charge in [-0.15, -0.1) is 0 Å². The van der Waals surface area contributed by atoms with E-state index < -0.39 is 5.91 Å². The molecule has 36 heavy (non-hydrogen) atoms. The van der Waals surface area contributed by atoms with E-state index in [0.717, 1.165) is 5.56 Å². The molecule has 0 heterocycles. The second-order valence-corrected chi connectivity index (χ2v) is 8.28. The van der Waals surface area contributed by atoms with Crippen LogP contribution in [0.5, 0.6) is 23.0 Å². The minimum atomic E-state index is -0.489. The molecule has 0 aliphatic carbocycles. The maximum Gasteiger partial charge on any atom is 0.257 e. The largest absolute Gasteiger partial charge is 0.497 e. The highest BCUT2D eigenvalue weighted by Crippen LogP contribution is 2.38. The van der Waals surface area contributed by atoms with Gasteiger partial charge in [0, 0.05) is 23.2 Å². The average molecular weight is 529 g/mol.